The molecule has 22 heavy (non-hydrogen) atoms. The van der Waals surface area contributed by atoms with Crippen molar-refractivity contribution in [2.75, 3.05) is 33.9 Å². The monoisotopic (exact) mass is 303 g/mol. The molecule has 1 aliphatic heterocycles. The highest BCUT2D eigenvalue weighted by atomic mass is 16.5. The van der Waals surface area contributed by atoms with Crippen LogP contribution < -0.4 is 10.1 Å². The van der Waals surface area contributed by atoms with Crippen LogP contribution in [0.3, 0.4) is 0 Å². The van der Waals surface area contributed by atoms with E-state index >= 15 is 0 Å². The molecule has 1 saturated heterocycles. The van der Waals surface area contributed by atoms with Crippen molar-refractivity contribution < 1.29 is 14.3 Å². The molecule has 1 aromatic rings. The van der Waals surface area contributed by atoms with Crippen LogP contribution in [0.1, 0.15) is 11.1 Å². The predicted octanol–water partition coefficient (Wildman–Crippen LogP) is 0.708. The summed E-state index contributed by atoms with van der Waals surface area (Å²) in [5, 5.41) is 12.1. The minimum absolute atomic E-state index is 0.224. The minimum Gasteiger partial charge on any atom is -0.496 e. The maximum absolute atomic E-state index is 11.9. The molecule has 118 valence electrons. The van der Waals surface area contributed by atoms with Crippen LogP contribution in [-0.4, -0.2) is 50.8 Å². The number of methoxy groups -OCH3 is 2. The van der Waals surface area contributed by atoms with Gasteiger partial charge in [0.1, 0.15) is 11.8 Å². The third kappa shape index (κ3) is 3.75. The lowest BCUT2D eigenvalue weighted by Crippen LogP contribution is -2.54. The Morgan fingerprint density at radius 1 is 1.50 bits per heavy atom. The van der Waals surface area contributed by atoms with E-state index < -0.39 is 0 Å². The predicted molar refractivity (Wildman–Crippen MR) is 81.4 cm³/mol. The molecule has 6 nitrogen and oxygen atoms in total. The summed E-state index contributed by atoms with van der Waals surface area (Å²) < 4.78 is 10.1. The average molecular weight is 303 g/mol. The molecule has 1 N–H and O–H groups in total. The van der Waals surface area contributed by atoms with Crippen LogP contribution >= 0.6 is 0 Å². The van der Waals surface area contributed by atoms with Crippen molar-refractivity contribution in [2.24, 2.45) is 0 Å². The number of nitriles is 1. The van der Waals surface area contributed by atoms with Gasteiger partial charge in [-0.15, -0.1) is 0 Å². The summed E-state index contributed by atoms with van der Waals surface area (Å²) in [6, 6.07) is 7.68. The number of carbonyl (C=O) groups is 1. The Morgan fingerprint density at radius 3 is 3.00 bits per heavy atom. The molecule has 0 aliphatic carbocycles. The van der Waals surface area contributed by atoms with Gasteiger partial charge in [-0.3, -0.25) is 9.69 Å². The van der Waals surface area contributed by atoms with Gasteiger partial charge in [0, 0.05) is 31.7 Å². The third-order valence-electron chi connectivity index (χ3n) is 3.83. The molecule has 1 aliphatic rings. The van der Waals surface area contributed by atoms with Gasteiger partial charge < -0.3 is 14.8 Å². The maximum Gasteiger partial charge on any atom is 0.324 e. The molecule has 1 aromatic carbocycles. The largest absolute Gasteiger partial charge is 0.496 e. The molecule has 2 rings (SSSR count). The Kier molecular flexibility index (Phi) is 5.75. The summed E-state index contributed by atoms with van der Waals surface area (Å²) >= 11 is 0. The second-order valence-electron chi connectivity index (χ2n) is 5.19. The van der Waals surface area contributed by atoms with E-state index in [1.807, 2.05) is 18.2 Å². The molecular weight excluding hydrogens is 282 g/mol. The fraction of sp³-hybridized carbons (Fsp3) is 0.500. The first-order valence-electron chi connectivity index (χ1n) is 7.25. The van der Waals surface area contributed by atoms with Crippen LogP contribution in [0.5, 0.6) is 5.75 Å². The quantitative estimate of drug-likeness (QED) is 0.808. The van der Waals surface area contributed by atoms with Gasteiger partial charge in [0.05, 0.1) is 26.7 Å². The Labute approximate surface area is 130 Å². The molecule has 0 amide bonds. The van der Waals surface area contributed by atoms with Crippen molar-refractivity contribution in [1.29, 1.82) is 5.26 Å². The Balaban J connectivity index is 2.16. The zero-order chi connectivity index (χ0) is 15.9. The van der Waals surface area contributed by atoms with E-state index in [0.29, 0.717) is 19.5 Å². The van der Waals surface area contributed by atoms with E-state index in [0.717, 1.165) is 30.0 Å². The molecule has 1 fully saturated rings. The highest BCUT2D eigenvalue weighted by molar-refractivity contribution is 5.76. The van der Waals surface area contributed by atoms with Crippen LogP contribution in [0.2, 0.25) is 0 Å². The van der Waals surface area contributed by atoms with Crippen LogP contribution in [0.4, 0.5) is 0 Å². The fourth-order valence-electron chi connectivity index (χ4n) is 2.69. The van der Waals surface area contributed by atoms with Gasteiger partial charge in [-0.1, -0.05) is 6.07 Å². The lowest BCUT2D eigenvalue weighted by molar-refractivity contribution is -0.147. The molecule has 1 atom stereocenters. The van der Waals surface area contributed by atoms with E-state index in [9.17, 15) is 4.79 Å². The SMILES string of the molecule is COC(=O)C1CNCCN1Cc1ccc(OC)c(CC#N)c1. The van der Waals surface area contributed by atoms with E-state index in [2.05, 4.69) is 16.3 Å². The van der Waals surface area contributed by atoms with Crippen LogP contribution in [0, 0.1) is 11.3 Å². The number of carbonyl (C=O) groups excluding carboxylic acids is 1. The molecule has 0 radical (unpaired) electrons. The summed E-state index contributed by atoms with van der Waals surface area (Å²) in [6.45, 7) is 2.85. The zero-order valence-corrected chi connectivity index (χ0v) is 13.0. The Bertz CT molecular complexity index is 568. The summed E-state index contributed by atoms with van der Waals surface area (Å²) in [7, 11) is 3.01. The van der Waals surface area contributed by atoms with E-state index in [-0.39, 0.29) is 12.0 Å². The van der Waals surface area contributed by atoms with Gasteiger partial charge in [0.25, 0.3) is 0 Å². The molecule has 1 unspecified atom stereocenters. The highest BCUT2D eigenvalue weighted by Crippen LogP contribution is 2.22. The minimum atomic E-state index is -0.278. The first-order chi connectivity index (χ1) is 10.7. The van der Waals surface area contributed by atoms with Crippen molar-refractivity contribution in [1.82, 2.24) is 10.2 Å². The maximum atomic E-state index is 11.9. The summed E-state index contributed by atoms with van der Waals surface area (Å²) in [5.74, 6) is 0.494. The molecule has 0 saturated carbocycles. The fourth-order valence-corrected chi connectivity index (χ4v) is 2.69. The summed E-state index contributed by atoms with van der Waals surface area (Å²) in [6.07, 6.45) is 0.305. The molecule has 1 heterocycles. The van der Waals surface area contributed by atoms with E-state index in [4.69, 9.17) is 14.7 Å². The number of benzene rings is 1. The highest BCUT2D eigenvalue weighted by Gasteiger charge is 2.29. The standard InChI is InChI=1S/C16H21N3O3/c1-21-15-4-3-12(9-13(15)5-6-17)11-19-8-7-18-10-14(19)16(20)22-2/h3-4,9,14,18H,5,7-8,10-11H2,1-2H3. The van der Waals surface area contributed by atoms with Gasteiger partial charge in [0.15, 0.2) is 0 Å². The number of nitrogens with zero attached hydrogens (tertiary/aromatic N) is 2. The normalized spacial score (nSPS) is 18.5. The van der Waals surface area contributed by atoms with Crippen LogP contribution in [-0.2, 0) is 22.5 Å². The molecule has 6 heteroatoms. The summed E-state index contributed by atoms with van der Waals surface area (Å²) in [4.78, 5) is 14.0. The van der Waals surface area contributed by atoms with Crippen LogP contribution in [0.25, 0.3) is 0 Å². The lowest BCUT2D eigenvalue weighted by Gasteiger charge is -2.34. The number of hydrogen-bond acceptors (Lipinski definition) is 6. The first-order valence-corrected chi connectivity index (χ1v) is 7.25. The number of piperazine rings is 1. The summed E-state index contributed by atoms with van der Waals surface area (Å²) in [5.41, 5.74) is 1.93. The Morgan fingerprint density at radius 2 is 2.32 bits per heavy atom. The average Bonchev–Trinajstić information content (AvgIpc) is 2.55. The number of hydrogen-bond donors (Lipinski definition) is 1. The topological polar surface area (TPSA) is 74.6 Å². The first kappa shape index (κ1) is 16.3. The third-order valence-corrected chi connectivity index (χ3v) is 3.83. The van der Waals surface area contributed by atoms with E-state index in [1.54, 1.807) is 7.11 Å². The van der Waals surface area contributed by atoms with Crippen molar-refractivity contribution in [2.45, 2.75) is 19.0 Å². The van der Waals surface area contributed by atoms with Gasteiger partial charge in [-0.05, 0) is 17.7 Å². The lowest BCUT2D eigenvalue weighted by atomic mass is 10.1. The molecule has 0 spiro atoms. The van der Waals surface area contributed by atoms with Gasteiger partial charge in [-0.2, -0.15) is 5.26 Å². The van der Waals surface area contributed by atoms with Crippen molar-refractivity contribution in [3.8, 4) is 11.8 Å². The second kappa shape index (κ2) is 7.78. The number of ether oxygens (including phenoxy) is 2. The van der Waals surface area contributed by atoms with Crippen LogP contribution in [0.15, 0.2) is 18.2 Å². The van der Waals surface area contributed by atoms with E-state index in [1.165, 1.54) is 7.11 Å². The zero-order valence-electron chi connectivity index (χ0n) is 13.0. The van der Waals surface area contributed by atoms with Crippen molar-refractivity contribution in [3.63, 3.8) is 0 Å². The van der Waals surface area contributed by atoms with Gasteiger partial charge >= 0.3 is 5.97 Å². The molecular formula is C16H21N3O3. The Hall–Kier alpha value is -2.10. The second-order valence-corrected chi connectivity index (χ2v) is 5.19. The molecule has 0 bridgehead atoms. The van der Waals surface area contributed by atoms with Gasteiger partial charge in [-0.25, -0.2) is 0 Å². The van der Waals surface area contributed by atoms with Gasteiger partial charge in [0.2, 0.25) is 0 Å². The smallest absolute Gasteiger partial charge is 0.324 e. The van der Waals surface area contributed by atoms with Crippen molar-refractivity contribution in [3.05, 3.63) is 29.3 Å². The number of rotatable bonds is 5. The molecule has 0 aromatic heterocycles. The number of nitrogens with one attached hydrogen (secondary N) is 1. The van der Waals surface area contributed by atoms with Crippen molar-refractivity contribution >= 4 is 5.97 Å². The number of esters is 1.